The van der Waals surface area contributed by atoms with Crippen molar-refractivity contribution in [3.05, 3.63) is 29.8 Å². The first-order chi connectivity index (χ1) is 8.10. The van der Waals surface area contributed by atoms with Gasteiger partial charge in [0, 0.05) is 14.8 Å². The minimum Gasteiger partial charge on any atom is -0.508 e. The molecule has 0 saturated carbocycles. The second-order valence-corrected chi connectivity index (χ2v) is 2.57. The van der Waals surface area contributed by atoms with E-state index in [1.165, 1.54) is 12.1 Å². The molecule has 0 amide bonds. The lowest BCUT2D eigenvalue weighted by Gasteiger charge is -2.08. The lowest BCUT2D eigenvalue weighted by atomic mass is 10.1. The van der Waals surface area contributed by atoms with Crippen molar-refractivity contribution in [2.75, 3.05) is 20.5 Å². The number of nitrogens with zero attached hydrogens (tertiary/aromatic N) is 1. The number of aromatic hydroxyl groups is 1. The summed E-state index contributed by atoms with van der Waals surface area (Å²) < 4.78 is 43.2. The Labute approximate surface area is 94.0 Å². The van der Waals surface area contributed by atoms with Gasteiger partial charge in [-0.15, -0.1) is 12.4 Å². The molecule has 0 saturated heterocycles. The van der Waals surface area contributed by atoms with Crippen LogP contribution in [0.1, 0.15) is 13.8 Å². The van der Waals surface area contributed by atoms with Gasteiger partial charge >= 0.3 is 0 Å². The summed E-state index contributed by atoms with van der Waals surface area (Å²) in [7, 11) is 0. The molecule has 3 heteroatoms. The van der Waals surface area contributed by atoms with Gasteiger partial charge in [0.2, 0.25) is 0 Å². The van der Waals surface area contributed by atoms with Crippen molar-refractivity contribution in [3.63, 3.8) is 0 Å². The normalized spacial score (nSPS) is 18.5. The van der Waals surface area contributed by atoms with Gasteiger partial charge in [0.15, 0.2) is 0 Å². The van der Waals surface area contributed by atoms with E-state index in [0.29, 0.717) is 4.90 Å². The first-order valence-corrected chi connectivity index (χ1v) is 3.66. The van der Waals surface area contributed by atoms with Gasteiger partial charge in [-0.25, -0.2) is 0 Å². The van der Waals surface area contributed by atoms with Crippen LogP contribution in [-0.4, -0.2) is 30.5 Å². The van der Waals surface area contributed by atoms with Crippen LogP contribution in [0.3, 0.4) is 0 Å². The van der Waals surface area contributed by atoms with Crippen LogP contribution in [0.25, 0.3) is 0 Å². The zero-order valence-corrected chi connectivity index (χ0v) is 7.84. The smallest absolute Gasteiger partial charge is 0.115 e. The van der Waals surface area contributed by atoms with Gasteiger partial charge in [0.1, 0.15) is 5.75 Å². The molecular formula is C10H16ClNO. The van der Waals surface area contributed by atoms with Gasteiger partial charge in [-0.2, -0.15) is 0 Å². The summed E-state index contributed by atoms with van der Waals surface area (Å²) in [5.41, 5.74) is 0.770. The molecular weight excluding hydrogens is 186 g/mol. The highest BCUT2D eigenvalue weighted by Gasteiger charge is 1.94. The summed E-state index contributed by atoms with van der Waals surface area (Å²) >= 11 is 0. The number of phenolic OH excluding ortho intramolecular Hbond substituents is 1. The fourth-order valence-electron chi connectivity index (χ4n) is 0.904. The molecule has 0 aromatic heterocycles. The van der Waals surface area contributed by atoms with Crippen molar-refractivity contribution in [1.29, 1.82) is 0 Å². The molecule has 0 radical (unpaired) electrons. The van der Waals surface area contributed by atoms with E-state index in [0.717, 1.165) is 5.56 Å². The minimum atomic E-state index is -2.65. The Morgan fingerprint density at radius 2 is 1.92 bits per heavy atom. The van der Waals surface area contributed by atoms with E-state index in [2.05, 4.69) is 0 Å². The fourth-order valence-corrected chi connectivity index (χ4v) is 0.904. The largest absolute Gasteiger partial charge is 0.508 e. The highest BCUT2D eigenvalue weighted by Crippen LogP contribution is 2.09. The highest BCUT2D eigenvalue weighted by molar-refractivity contribution is 5.85. The SMILES string of the molecule is Cl.[2H]C([2H])([2H])N(CCc1ccc(O)cc1)C([2H])([2H])[2H]. The first kappa shape index (κ1) is 5.23. The molecule has 0 bridgehead atoms. The maximum absolute atomic E-state index is 9.10. The van der Waals surface area contributed by atoms with Crippen LogP contribution in [0.4, 0.5) is 0 Å². The van der Waals surface area contributed by atoms with E-state index >= 15 is 0 Å². The summed E-state index contributed by atoms with van der Waals surface area (Å²) in [5, 5.41) is 9.10. The van der Waals surface area contributed by atoms with Crippen LogP contribution in [0.5, 0.6) is 5.75 Å². The Balaban J connectivity index is 0.00000324. The first-order valence-electron chi connectivity index (χ1n) is 6.66. The minimum absolute atomic E-state index is 0. The molecule has 1 aromatic rings. The number of hydrogen-bond donors (Lipinski definition) is 1. The molecule has 0 aliphatic carbocycles. The monoisotopic (exact) mass is 207 g/mol. The Bertz CT molecular complexity index is 374. The third kappa shape index (κ3) is 4.76. The molecule has 74 valence electrons. The lowest BCUT2D eigenvalue weighted by Crippen LogP contribution is -2.14. The number of halogens is 1. The van der Waals surface area contributed by atoms with Crippen LogP contribution in [0.2, 0.25) is 0 Å². The molecule has 0 spiro atoms. The van der Waals surface area contributed by atoms with Crippen molar-refractivity contribution in [2.45, 2.75) is 6.42 Å². The van der Waals surface area contributed by atoms with E-state index in [1.54, 1.807) is 12.1 Å². The van der Waals surface area contributed by atoms with E-state index in [4.69, 9.17) is 13.3 Å². The summed E-state index contributed by atoms with van der Waals surface area (Å²) in [6, 6.07) is 6.22. The van der Waals surface area contributed by atoms with E-state index in [-0.39, 0.29) is 31.1 Å². The van der Waals surface area contributed by atoms with Crippen LogP contribution in [-0.2, 0) is 6.42 Å². The maximum Gasteiger partial charge on any atom is 0.115 e. The molecule has 1 aromatic carbocycles. The average molecular weight is 208 g/mol. The van der Waals surface area contributed by atoms with E-state index < -0.39 is 14.0 Å². The highest BCUT2D eigenvalue weighted by atomic mass is 35.5. The van der Waals surface area contributed by atoms with Gasteiger partial charge < -0.3 is 10.0 Å². The van der Waals surface area contributed by atoms with Crippen LogP contribution < -0.4 is 0 Å². The molecule has 2 nitrogen and oxygen atoms in total. The zero-order valence-electron chi connectivity index (χ0n) is 13.0. The predicted octanol–water partition coefficient (Wildman–Crippen LogP) is 1.92. The molecule has 1 N–H and O–H groups in total. The number of benzene rings is 1. The van der Waals surface area contributed by atoms with Crippen molar-refractivity contribution in [2.24, 2.45) is 0 Å². The summed E-state index contributed by atoms with van der Waals surface area (Å²) in [6.45, 7) is -5.40. The molecule has 0 heterocycles. The summed E-state index contributed by atoms with van der Waals surface area (Å²) in [5.74, 6) is 0.113. The second kappa shape index (κ2) is 5.84. The quantitative estimate of drug-likeness (QED) is 0.819. The Kier molecular flexibility index (Phi) is 2.35. The van der Waals surface area contributed by atoms with Crippen molar-refractivity contribution < 1.29 is 13.3 Å². The van der Waals surface area contributed by atoms with Gasteiger partial charge in [-0.05, 0) is 38.1 Å². The molecule has 0 aliphatic heterocycles. The van der Waals surface area contributed by atoms with Gasteiger partial charge in [-0.3, -0.25) is 0 Å². The number of hydrogen-bond acceptors (Lipinski definition) is 2. The topological polar surface area (TPSA) is 23.5 Å². The molecule has 1 rings (SSSR count). The van der Waals surface area contributed by atoms with E-state index in [9.17, 15) is 0 Å². The molecule has 13 heavy (non-hydrogen) atoms. The predicted molar refractivity (Wildman–Crippen MR) is 57.6 cm³/mol. The van der Waals surface area contributed by atoms with Crippen LogP contribution in [0, 0.1) is 0 Å². The average Bonchev–Trinajstić information content (AvgIpc) is 2.17. The third-order valence-corrected chi connectivity index (χ3v) is 1.56. The third-order valence-electron chi connectivity index (χ3n) is 1.56. The van der Waals surface area contributed by atoms with Gasteiger partial charge in [0.05, 0.1) is 0 Å². The summed E-state index contributed by atoms with van der Waals surface area (Å²) in [6.07, 6.45) is 0.289. The Morgan fingerprint density at radius 3 is 2.46 bits per heavy atom. The maximum atomic E-state index is 9.10. The van der Waals surface area contributed by atoms with Crippen LogP contribution >= 0.6 is 12.4 Å². The molecule has 0 unspecified atom stereocenters. The second-order valence-electron chi connectivity index (χ2n) is 2.57. The lowest BCUT2D eigenvalue weighted by molar-refractivity contribution is 0.413. The van der Waals surface area contributed by atoms with Gasteiger partial charge in [0.25, 0.3) is 0 Å². The van der Waals surface area contributed by atoms with Gasteiger partial charge in [-0.1, -0.05) is 12.1 Å². The van der Waals surface area contributed by atoms with Crippen LogP contribution in [0.15, 0.2) is 24.3 Å². The van der Waals surface area contributed by atoms with Crippen molar-refractivity contribution in [1.82, 2.24) is 4.90 Å². The fraction of sp³-hybridized carbons (Fsp3) is 0.400. The Hall–Kier alpha value is -0.730. The standard InChI is InChI=1S/C10H15NO.ClH/c1-11(2)8-7-9-3-5-10(12)6-4-9;/h3-6,12H,7-8H2,1-2H3;1H/i1D3,2D3;. The van der Waals surface area contributed by atoms with Crippen molar-refractivity contribution in [3.8, 4) is 5.75 Å². The molecule has 0 fully saturated rings. The zero-order chi connectivity index (χ0) is 14.0. The van der Waals surface area contributed by atoms with Crippen molar-refractivity contribution >= 4 is 12.4 Å². The number of rotatable bonds is 3. The number of phenols is 1. The Morgan fingerprint density at radius 1 is 1.31 bits per heavy atom. The summed E-state index contributed by atoms with van der Waals surface area (Å²) in [4.78, 5) is 0.521. The van der Waals surface area contributed by atoms with E-state index in [1.807, 2.05) is 0 Å². The number of likely N-dealkylation sites (N-methyl/N-ethyl adjacent to an activating group) is 1. The molecule has 0 atom stereocenters. The molecule has 0 aliphatic rings.